The molecule has 16 heavy (non-hydrogen) atoms. The number of aliphatic carboxylic acids is 1. The summed E-state index contributed by atoms with van der Waals surface area (Å²) in [5, 5.41) is 12.8. The molecular weight excluding hydrogens is 222 g/mol. The minimum Gasteiger partial charge on any atom is -0.480 e. The summed E-state index contributed by atoms with van der Waals surface area (Å²) in [6.45, 7) is 11.0. The molecule has 0 radical (unpaired) electrons. The van der Waals surface area contributed by atoms with Crippen LogP contribution in [0.15, 0.2) is 0 Å². The van der Waals surface area contributed by atoms with Crippen molar-refractivity contribution in [3.05, 3.63) is 0 Å². The summed E-state index contributed by atoms with van der Waals surface area (Å²) in [4.78, 5) is 11.1. The van der Waals surface area contributed by atoms with Gasteiger partial charge in [-0.05, 0) is 31.6 Å². The van der Waals surface area contributed by atoms with E-state index in [-0.39, 0.29) is 0 Å². The normalized spacial score (nSPS) is 17.1. The lowest BCUT2D eigenvalue weighted by Crippen LogP contribution is -2.49. The summed E-state index contributed by atoms with van der Waals surface area (Å²) in [6, 6.07) is 0. The van der Waals surface area contributed by atoms with Gasteiger partial charge in [-0.3, -0.25) is 4.79 Å². The molecule has 0 amide bonds. The maximum absolute atomic E-state index is 11.1. The van der Waals surface area contributed by atoms with Crippen molar-refractivity contribution in [3.63, 3.8) is 0 Å². The standard InChI is InChI=1S/C12H25NO2S/c1-6-13-12(5,11(14)15)7-8-16-10(4)9(2)3/h9-10,13H,6-8H2,1-5H3,(H,14,15). The van der Waals surface area contributed by atoms with E-state index in [2.05, 4.69) is 26.1 Å². The number of hydrogen-bond acceptors (Lipinski definition) is 3. The van der Waals surface area contributed by atoms with E-state index in [0.717, 1.165) is 5.75 Å². The maximum atomic E-state index is 11.1. The number of carboxylic acids is 1. The zero-order valence-corrected chi connectivity index (χ0v) is 11.9. The van der Waals surface area contributed by atoms with Crippen LogP contribution in [0.2, 0.25) is 0 Å². The van der Waals surface area contributed by atoms with E-state index >= 15 is 0 Å². The first-order valence-corrected chi connectivity index (χ1v) is 6.98. The molecule has 0 aliphatic rings. The molecule has 0 bridgehead atoms. The van der Waals surface area contributed by atoms with Crippen molar-refractivity contribution < 1.29 is 9.90 Å². The summed E-state index contributed by atoms with van der Waals surface area (Å²) in [6.07, 6.45) is 0.665. The average Bonchev–Trinajstić information content (AvgIpc) is 2.17. The fourth-order valence-corrected chi connectivity index (χ4v) is 2.59. The highest BCUT2D eigenvalue weighted by atomic mass is 32.2. The fraction of sp³-hybridized carbons (Fsp3) is 0.917. The van der Waals surface area contributed by atoms with Crippen LogP contribution in [0.5, 0.6) is 0 Å². The number of likely N-dealkylation sites (N-methyl/N-ethyl adjacent to an activating group) is 1. The lowest BCUT2D eigenvalue weighted by molar-refractivity contribution is -0.144. The van der Waals surface area contributed by atoms with Gasteiger partial charge in [0.1, 0.15) is 5.54 Å². The van der Waals surface area contributed by atoms with Gasteiger partial charge in [-0.1, -0.05) is 27.7 Å². The Hall–Kier alpha value is -0.220. The van der Waals surface area contributed by atoms with Crippen molar-refractivity contribution in [2.24, 2.45) is 5.92 Å². The molecule has 2 atom stereocenters. The van der Waals surface area contributed by atoms with Crippen LogP contribution in [-0.4, -0.2) is 34.2 Å². The monoisotopic (exact) mass is 247 g/mol. The molecule has 0 heterocycles. The van der Waals surface area contributed by atoms with Crippen molar-refractivity contribution in [2.45, 2.75) is 51.8 Å². The number of carbonyl (C=O) groups is 1. The van der Waals surface area contributed by atoms with Crippen LogP contribution >= 0.6 is 11.8 Å². The quantitative estimate of drug-likeness (QED) is 0.692. The highest BCUT2D eigenvalue weighted by Gasteiger charge is 2.31. The molecule has 3 nitrogen and oxygen atoms in total. The second-order valence-corrected chi connectivity index (χ2v) is 6.22. The molecule has 0 saturated carbocycles. The second kappa shape index (κ2) is 7.17. The van der Waals surface area contributed by atoms with Gasteiger partial charge in [-0.25, -0.2) is 0 Å². The Kier molecular flexibility index (Phi) is 7.07. The van der Waals surface area contributed by atoms with Gasteiger partial charge in [0.25, 0.3) is 0 Å². The molecule has 0 rings (SSSR count). The van der Waals surface area contributed by atoms with Crippen LogP contribution in [0.1, 0.15) is 41.0 Å². The molecule has 0 saturated heterocycles. The first-order chi connectivity index (χ1) is 7.33. The average molecular weight is 247 g/mol. The number of carboxylic acid groups (broad SMARTS) is 1. The van der Waals surface area contributed by atoms with Crippen LogP contribution < -0.4 is 5.32 Å². The molecule has 0 aromatic heterocycles. The number of nitrogens with one attached hydrogen (secondary N) is 1. The molecule has 0 aromatic rings. The summed E-state index contributed by atoms with van der Waals surface area (Å²) >= 11 is 1.85. The van der Waals surface area contributed by atoms with Gasteiger partial charge in [0.05, 0.1) is 0 Å². The van der Waals surface area contributed by atoms with Gasteiger partial charge in [0, 0.05) is 5.25 Å². The van der Waals surface area contributed by atoms with E-state index in [9.17, 15) is 4.79 Å². The Morgan fingerprint density at radius 2 is 2.00 bits per heavy atom. The lowest BCUT2D eigenvalue weighted by atomic mass is 9.99. The van der Waals surface area contributed by atoms with Gasteiger partial charge in [-0.2, -0.15) is 11.8 Å². The molecule has 0 fully saturated rings. The number of rotatable bonds is 8. The summed E-state index contributed by atoms with van der Waals surface area (Å²) in [5.74, 6) is 0.766. The first-order valence-electron chi connectivity index (χ1n) is 5.93. The zero-order valence-electron chi connectivity index (χ0n) is 11.0. The third-order valence-corrected chi connectivity index (χ3v) is 4.47. The molecule has 4 heteroatoms. The smallest absolute Gasteiger partial charge is 0.323 e. The third-order valence-electron chi connectivity index (χ3n) is 2.96. The van der Waals surface area contributed by atoms with Gasteiger partial charge in [-0.15, -0.1) is 0 Å². The van der Waals surface area contributed by atoms with Crippen LogP contribution in [0.3, 0.4) is 0 Å². The summed E-state index contributed by atoms with van der Waals surface area (Å²) in [7, 11) is 0. The first kappa shape index (κ1) is 15.8. The van der Waals surface area contributed by atoms with Crippen molar-refractivity contribution in [1.82, 2.24) is 5.32 Å². The zero-order chi connectivity index (χ0) is 12.8. The lowest BCUT2D eigenvalue weighted by Gasteiger charge is -2.26. The van der Waals surface area contributed by atoms with E-state index in [0.29, 0.717) is 24.1 Å². The van der Waals surface area contributed by atoms with Crippen LogP contribution in [0.4, 0.5) is 0 Å². The molecule has 96 valence electrons. The van der Waals surface area contributed by atoms with Crippen LogP contribution in [0, 0.1) is 5.92 Å². The van der Waals surface area contributed by atoms with Gasteiger partial charge in [0.2, 0.25) is 0 Å². The Balaban J connectivity index is 4.09. The van der Waals surface area contributed by atoms with E-state index in [4.69, 9.17) is 5.11 Å². The highest BCUT2D eigenvalue weighted by Crippen LogP contribution is 2.22. The van der Waals surface area contributed by atoms with Gasteiger partial charge < -0.3 is 10.4 Å². The maximum Gasteiger partial charge on any atom is 0.323 e. The fourth-order valence-electron chi connectivity index (χ4n) is 1.30. The topological polar surface area (TPSA) is 49.3 Å². The SMILES string of the molecule is CCNC(C)(CCSC(C)C(C)C)C(=O)O. The minimum absolute atomic E-state index is 0.583. The molecule has 2 unspecified atom stereocenters. The molecule has 0 spiro atoms. The van der Waals surface area contributed by atoms with Crippen molar-refractivity contribution >= 4 is 17.7 Å². The van der Waals surface area contributed by atoms with E-state index in [1.165, 1.54) is 0 Å². The molecule has 0 aliphatic heterocycles. The van der Waals surface area contributed by atoms with E-state index in [1.54, 1.807) is 6.92 Å². The Labute approximate surface area is 103 Å². The summed E-state index contributed by atoms with van der Waals surface area (Å²) in [5.41, 5.74) is -0.779. The van der Waals surface area contributed by atoms with Crippen molar-refractivity contribution in [2.75, 3.05) is 12.3 Å². The largest absolute Gasteiger partial charge is 0.480 e. The molecular formula is C12H25NO2S. The van der Waals surface area contributed by atoms with E-state index < -0.39 is 11.5 Å². The van der Waals surface area contributed by atoms with E-state index in [1.807, 2.05) is 18.7 Å². The minimum atomic E-state index is -0.779. The highest BCUT2D eigenvalue weighted by molar-refractivity contribution is 7.99. The predicted octanol–water partition coefficient (Wildman–Crippen LogP) is 2.61. The molecule has 2 N–H and O–H groups in total. The van der Waals surface area contributed by atoms with Gasteiger partial charge >= 0.3 is 5.97 Å². The molecule has 0 aliphatic carbocycles. The Morgan fingerprint density at radius 1 is 1.44 bits per heavy atom. The number of hydrogen-bond donors (Lipinski definition) is 2. The van der Waals surface area contributed by atoms with Crippen LogP contribution in [-0.2, 0) is 4.79 Å². The second-order valence-electron chi connectivity index (χ2n) is 4.74. The third kappa shape index (κ3) is 5.21. The molecule has 0 aromatic carbocycles. The van der Waals surface area contributed by atoms with Crippen molar-refractivity contribution in [1.29, 1.82) is 0 Å². The van der Waals surface area contributed by atoms with Crippen molar-refractivity contribution in [3.8, 4) is 0 Å². The predicted molar refractivity (Wildman–Crippen MR) is 71.1 cm³/mol. The Bertz CT molecular complexity index is 221. The summed E-state index contributed by atoms with van der Waals surface area (Å²) < 4.78 is 0. The van der Waals surface area contributed by atoms with Gasteiger partial charge in [0.15, 0.2) is 0 Å². The number of thioether (sulfide) groups is 1. The van der Waals surface area contributed by atoms with Crippen LogP contribution in [0.25, 0.3) is 0 Å². The Morgan fingerprint density at radius 3 is 2.38 bits per heavy atom.